The third-order valence-electron chi connectivity index (χ3n) is 3.21. The fourth-order valence-corrected chi connectivity index (χ4v) is 2.36. The van der Waals surface area contributed by atoms with Gasteiger partial charge in [0.25, 0.3) is 0 Å². The Morgan fingerprint density at radius 2 is 2.12 bits per heavy atom. The molecule has 17 heavy (non-hydrogen) atoms. The van der Waals surface area contributed by atoms with Gasteiger partial charge in [0.1, 0.15) is 5.60 Å². The van der Waals surface area contributed by atoms with Crippen molar-refractivity contribution in [3.8, 4) is 0 Å². The number of likely N-dealkylation sites (tertiary alicyclic amines) is 1. The molecule has 1 rings (SSSR count). The quantitative estimate of drug-likeness (QED) is 0.828. The van der Waals surface area contributed by atoms with Crippen molar-refractivity contribution in [2.75, 3.05) is 19.7 Å². The van der Waals surface area contributed by atoms with Crippen LogP contribution in [0.3, 0.4) is 0 Å². The van der Waals surface area contributed by atoms with Gasteiger partial charge in [-0.25, -0.2) is 4.79 Å². The zero-order valence-corrected chi connectivity index (χ0v) is 11.5. The van der Waals surface area contributed by atoms with E-state index in [1.54, 1.807) is 4.90 Å². The van der Waals surface area contributed by atoms with Crippen LogP contribution in [0.4, 0.5) is 4.79 Å². The standard InChI is InChI=1S/C13H25NO3/c1-5-6-13(10-15)7-8-14(9-13)11(16)17-12(2,3)4/h15H,5-10H2,1-4H3. The minimum Gasteiger partial charge on any atom is -0.444 e. The first-order valence-corrected chi connectivity index (χ1v) is 6.41. The Bertz CT molecular complexity index is 272. The highest BCUT2D eigenvalue weighted by molar-refractivity contribution is 5.68. The predicted octanol–water partition coefficient (Wildman–Crippen LogP) is 2.41. The summed E-state index contributed by atoms with van der Waals surface area (Å²) in [6.45, 7) is 9.17. The van der Waals surface area contributed by atoms with Gasteiger partial charge in [-0.2, -0.15) is 0 Å². The van der Waals surface area contributed by atoms with Gasteiger partial charge in [-0.1, -0.05) is 13.3 Å². The van der Waals surface area contributed by atoms with Crippen LogP contribution >= 0.6 is 0 Å². The van der Waals surface area contributed by atoms with Crippen LogP contribution in [0.25, 0.3) is 0 Å². The number of hydrogen-bond acceptors (Lipinski definition) is 3. The van der Waals surface area contributed by atoms with Crippen molar-refractivity contribution in [3.05, 3.63) is 0 Å². The van der Waals surface area contributed by atoms with Crippen LogP contribution in [0.1, 0.15) is 47.0 Å². The smallest absolute Gasteiger partial charge is 0.410 e. The number of carbonyl (C=O) groups is 1. The highest BCUT2D eigenvalue weighted by Crippen LogP contribution is 2.35. The summed E-state index contributed by atoms with van der Waals surface area (Å²) >= 11 is 0. The van der Waals surface area contributed by atoms with E-state index in [0.717, 1.165) is 19.3 Å². The molecule has 0 aromatic rings. The van der Waals surface area contributed by atoms with Crippen LogP contribution in [0.5, 0.6) is 0 Å². The van der Waals surface area contributed by atoms with Crippen molar-refractivity contribution in [1.82, 2.24) is 4.90 Å². The highest BCUT2D eigenvalue weighted by Gasteiger charge is 2.40. The van der Waals surface area contributed by atoms with E-state index in [9.17, 15) is 9.90 Å². The second kappa shape index (κ2) is 5.25. The molecule has 0 aromatic carbocycles. The zero-order valence-electron chi connectivity index (χ0n) is 11.5. The molecule has 1 unspecified atom stereocenters. The predicted molar refractivity (Wildman–Crippen MR) is 66.9 cm³/mol. The van der Waals surface area contributed by atoms with Crippen LogP contribution in [0, 0.1) is 5.41 Å². The third-order valence-corrected chi connectivity index (χ3v) is 3.21. The number of carbonyl (C=O) groups excluding carboxylic acids is 1. The molecule has 1 heterocycles. The summed E-state index contributed by atoms with van der Waals surface area (Å²) in [5.41, 5.74) is -0.558. The summed E-state index contributed by atoms with van der Waals surface area (Å²) in [5, 5.41) is 9.50. The van der Waals surface area contributed by atoms with Crippen LogP contribution in [-0.4, -0.2) is 41.4 Å². The summed E-state index contributed by atoms with van der Waals surface area (Å²) in [6.07, 6.45) is 2.60. The topological polar surface area (TPSA) is 49.8 Å². The zero-order chi connectivity index (χ0) is 13.1. The molecule has 0 radical (unpaired) electrons. The first kappa shape index (κ1) is 14.3. The Morgan fingerprint density at radius 3 is 2.59 bits per heavy atom. The molecule has 1 aliphatic rings. The van der Waals surface area contributed by atoms with Crippen LogP contribution in [-0.2, 0) is 4.74 Å². The fourth-order valence-electron chi connectivity index (χ4n) is 2.36. The molecular formula is C13H25NO3. The molecule has 1 N–H and O–H groups in total. The number of aliphatic hydroxyl groups excluding tert-OH is 1. The van der Waals surface area contributed by atoms with E-state index in [1.165, 1.54) is 0 Å². The molecule has 0 bridgehead atoms. The molecule has 1 aliphatic heterocycles. The Kier molecular flexibility index (Phi) is 4.42. The molecule has 1 saturated heterocycles. The summed E-state index contributed by atoms with van der Waals surface area (Å²) in [6, 6.07) is 0. The average molecular weight is 243 g/mol. The SMILES string of the molecule is CCCC1(CO)CCN(C(=O)OC(C)(C)C)C1. The maximum absolute atomic E-state index is 11.9. The second-order valence-electron chi connectivity index (χ2n) is 6.06. The molecule has 4 nitrogen and oxygen atoms in total. The molecule has 100 valence electrons. The van der Waals surface area contributed by atoms with Crippen LogP contribution in [0.2, 0.25) is 0 Å². The lowest BCUT2D eigenvalue weighted by atomic mass is 9.83. The summed E-state index contributed by atoms with van der Waals surface area (Å²) in [5.74, 6) is 0. The maximum atomic E-state index is 11.9. The van der Waals surface area contributed by atoms with E-state index in [0.29, 0.717) is 13.1 Å². The van der Waals surface area contributed by atoms with Crippen LogP contribution < -0.4 is 0 Å². The highest BCUT2D eigenvalue weighted by atomic mass is 16.6. The van der Waals surface area contributed by atoms with E-state index >= 15 is 0 Å². The minimum absolute atomic E-state index is 0.106. The second-order valence-corrected chi connectivity index (χ2v) is 6.06. The molecular weight excluding hydrogens is 218 g/mol. The Hall–Kier alpha value is -0.770. The number of hydrogen-bond donors (Lipinski definition) is 1. The van der Waals surface area contributed by atoms with E-state index in [1.807, 2.05) is 20.8 Å². The first-order chi connectivity index (χ1) is 7.82. The van der Waals surface area contributed by atoms with Gasteiger partial charge in [0.05, 0.1) is 6.61 Å². The van der Waals surface area contributed by atoms with Gasteiger partial charge in [0, 0.05) is 18.5 Å². The van der Waals surface area contributed by atoms with Gasteiger partial charge in [-0.15, -0.1) is 0 Å². The average Bonchev–Trinajstić information content (AvgIpc) is 2.61. The van der Waals surface area contributed by atoms with Crippen molar-refractivity contribution < 1.29 is 14.6 Å². The molecule has 1 amide bonds. The Labute approximate surface area is 104 Å². The normalized spacial score (nSPS) is 25.1. The number of nitrogens with zero attached hydrogens (tertiary/aromatic N) is 1. The van der Waals surface area contributed by atoms with Crippen molar-refractivity contribution in [3.63, 3.8) is 0 Å². The van der Waals surface area contributed by atoms with E-state index in [-0.39, 0.29) is 18.1 Å². The molecule has 0 spiro atoms. The molecule has 0 aromatic heterocycles. The lowest BCUT2D eigenvalue weighted by Gasteiger charge is -2.28. The largest absolute Gasteiger partial charge is 0.444 e. The lowest BCUT2D eigenvalue weighted by Crippen LogP contribution is -2.37. The maximum Gasteiger partial charge on any atom is 0.410 e. The monoisotopic (exact) mass is 243 g/mol. The van der Waals surface area contributed by atoms with Crippen LogP contribution in [0.15, 0.2) is 0 Å². The number of ether oxygens (including phenoxy) is 1. The van der Waals surface area contributed by atoms with Gasteiger partial charge in [0.15, 0.2) is 0 Å². The summed E-state index contributed by atoms with van der Waals surface area (Å²) in [7, 11) is 0. The fraction of sp³-hybridized carbons (Fsp3) is 0.923. The Balaban J connectivity index is 2.57. The van der Waals surface area contributed by atoms with Gasteiger partial charge in [-0.3, -0.25) is 0 Å². The molecule has 4 heteroatoms. The van der Waals surface area contributed by atoms with Gasteiger partial charge in [0.2, 0.25) is 0 Å². The van der Waals surface area contributed by atoms with Crippen molar-refractivity contribution in [2.45, 2.75) is 52.6 Å². The van der Waals surface area contributed by atoms with Gasteiger partial charge in [-0.05, 0) is 33.6 Å². The summed E-state index contributed by atoms with van der Waals surface area (Å²) < 4.78 is 5.34. The van der Waals surface area contributed by atoms with Crippen molar-refractivity contribution in [2.24, 2.45) is 5.41 Å². The van der Waals surface area contributed by atoms with E-state index in [2.05, 4.69) is 6.92 Å². The lowest BCUT2D eigenvalue weighted by molar-refractivity contribution is 0.0249. The third kappa shape index (κ3) is 3.87. The number of rotatable bonds is 3. The minimum atomic E-state index is -0.452. The van der Waals surface area contributed by atoms with Crippen molar-refractivity contribution in [1.29, 1.82) is 0 Å². The summed E-state index contributed by atoms with van der Waals surface area (Å²) in [4.78, 5) is 13.6. The molecule has 1 fully saturated rings. The van der Waals surface area contributed by atoms with E-state index < -0.39 is 5.60 Å². The molecule has 0 saturated carbocycles. The van der Waals surface area contributed by atoms with Gasteiger partial charge >= 0.3 is 6.09 Å². The number of aliphatic hydroxyl groups is 1. The number of amides is 1. The van der Waals surface area contributed by atoms with E-state index in [4.69, 9.17) is 4.74 Å². The van der Waals surface area contributed by atoms with Crippen molar-refractivity contribution >= 4 is 6.09 Å². The first-order valence-electron chi connectivity index (χ1n) is 6.41. The Morgan fingerprint density at radius 1 is 1.47 bits per heavy atom. The van der Waals surface area contributed by atoms with Gasteiger partial charge < -0.3 is 14.7 Å². The molecule has 0 aliphatic carbocycles. The molecule has 1 atom stereocenters.